The first-order valence-electron chi connectivity index (χ1n) is 7.94. The van der Waals surface area contributed by atoms with Crippen LogP contribution in [0.2, 0.25) is 5.02 Å². The highest BCUT2D eigenvalue weighted by Crippen LogP contribution is 2.29. The van der Waals surface area contributed by atoms with E-state index in [4.69, 9.17) is 15.8 Å². The van der Waals surface area contributed by atoms with Gasteiger partial charge in [-0.15, -0.1) is 0 Å². The molecule has 3 aromatic rings. The number of aryl methyl sites for hydroxylation is 1. The Labute approximate surface area is 171 Å². The summed E-state index contributed by atoms with van der Waals surface area (Å²) in [5.74, 6) is 0.193. The Balaban J connectivity index is 1.81. The van der Waals surface area contributed by atoms with Crippen molar-refractivity contribution in [1.29, 1.82) is 0 Å². The highest BCUT2D eigenvalue weighted by atomic mass is 79.9. The molecule has 3 aromatic carbocycles. The van der Waals surface area contributed by atoms with Crippen molar-refractivity contribution in [3.63, 3.8) is 0 Å². The fourth-order valence-electron chi connectivity index (χ4n) is 2.28. The second-order valence-corrected chi connectivity index (χ2v) is 8.56. The summed E-state index contributed by atoms with van der Waals surface area (Å²) in [5, 5.41) is 0.451. The van der Waals surface area contributed by atoms with E-state index in [2.05, 4.69) is 20.9 Å². The summed E-state index contributed by atoms with van der Waals surface area (Å²) in [5.41, 5.74) is 2.75. The maximum absolute atomic E-state index is 12.4. The van der Waals surface area contributed by atoms with Crippen LogP contribution in [0.5, 0.6) is 5.75 Å². The van der Waals surface area contributed by atoms with E-state index < -0.39 is 10.1 Å². The van der Waals surface area contributed by atoms with Gasteiger partial charge < -0.3 is 4.18 Å². The number of nitrogens with zero attached hydrogens (tertiary/aromatic N) is 1. The number of para-hydroxylation sites is 1. The molecule has 0 bridgehead atoms. The summed E-state index contributed by atoms with van der Waals surface area (Å²) in [6, 6.07) is 18.6. The van der Waals surface area contributed by atoms with Gasteiger partial charge in [0.15, 0.2) is 5.75 Å². The first kappa shape index (κ1) is 19.6. The van der Waals surface area contributed by atoms with Crippen LogP contribution in [0.3, 0.4) is 0 Å². The van der Waals surface area contributed by atoms with Crippen molar-refractivity contribution in [2.24, 2.45) is 4.99 Å². The zero-order valence-electron chi connectivity index (χ0n) is 14.3. The van der Waals surface area contributed by atoms with E-state index in [1.165, 1.54) is 24.3 Å². The zero-order valence-corrected chi connectivity index (χ0v) is 17.4. The van der Waals surface area contributed by atoms with Gasteiger partial charge in [0.05, 0.1) is 10.2 Å². The summed E-state index contributed by atoms with van der Waals surface area (Å²) >= 11 is 9.15. The van der Waals surface area contributed by atoms with Gasteiger partial charge in [-0.3, -0.25) is 4.99 Å². The summed E-state index contributed by atoms with van der Waals surface area (Å²) in [6.07, 6.45) is 1.71. The van der Waals surface area contributed by atoms with Gasteiger partial charge in [0.2, 0.25) is 0 Å². The predicted octanol–water partition coefficient (Wildman–Crippen LogP) is 5.93. The Bertz CT molecular complexity index is 1100. The smallest absolute Gasteiger partial charge is 0.339 e. The fourth-order valence-corrected chi connectivity index (χ4v) is 3.94. The molecule has 4 nitrogen and oxygen atoms in total. The van der Waals surface area contributed by atoms with E-state index in [-0.39, 0.29) is 10.6 Å². The highest BCUT2D eigenvalue weighted by Gasteiger charge is 2.18. The lowest BCUT2D eigenvalue weighted by Gasteiger charge is -2.09. The Morgan fingerprint density at radius 2 is 1.74 bits per heavy atom. The second-order valence-electron chi connectivity index (χ2n) is 5.73. The standard InChI is InChI=1S/C20H15BrClNO3S/c1-14-4-2-3-5-19(14)23-13-15-6-11-20(18(21)12-15)26-27(24,25)17-9-7-16(22)8-10-17/h2-13H,1H3. The van der Waals surface area contributed by atoms with E-state index in [9.17, 15) is 8.42 Å². The average molecular weight is 465 g/mol. The number of hydrogen-bond acceptors (Lipinski definition) is 4. The molecule has 0 aromatic heterocycles. The first-order valence-corrected chi connectivity index (χ1v) is 10.5. The maximum Gasteiger partial charge on any atom is 0.339 e. The van der Waals surface area contributed by atoms with E-state index in [0.29, 0.717) is 9.50 Å². The number of hydrogen-bond donors (Lipinski definition) is 0. The topological polar surface area (TPSA) is 55.7 Å². The Morgan fingerprint density at radius 3 is 2.41 bits per heavy atom. The molecule has 7 heteroatoms. The third kappa shape index (κ3) is 4.97. The van der Waals surface area contributed by atoms with Crippen LogP contribution in [-0.2, 0) is 10.1 Å². The van der Waals surface area contributed by atoms with Gasteiger partial charge in [0.1, 0.15) is 4.90 Å². The third-order valence-electron chi connectivity index (χ3n) is 3.73. The lowest BCUT2D eigenvalue weighted by atomic mass is 10.2. The van der Waals surface area contributed by atoms with Crippen LogP contribution in [0.1, 0.15) is 11.1 Å². The molecule has 0 unspecified atom stereocenters. The van der Waals surface area contributed by atoms with Crippen LogP contribution in [0.25, 0.3) is 0 Å². The first-order chi connectivity index (χ1) is 12.8. The molecule has 0 amide bonds. The Kier molecular flexibility index (Phi) is 5.99. The Morgan fingerprint density at radius 1 is 1.04 bits per heavy atom. The van der Waals surface area contributed by atoms with Gasteiger partial charge in [-0.05, 0) is 82.5 Å². The maximum atomic E-state index is 12.4. The van der Waals surface area contributed by atoms with Gasteiger partial charge in [-0.1, -0.05) is 29.8 Å². The molecule has 27 heavy (non-hydrogen) atoms. The molecule has 0 radical (unpaired) electrons. The normalized spacial score (nSPS) is 11.7. The van der Waals surface area contributed by atoms with Crippen LogP contribution >= 0.6 is 27.5 Å². The molecule has 0 atom stereocenters. The minimum absolute atomic E-state index is 0.0315. The van der Waals surface area contributed by atoms with Crippen LogP contribution in [0.15, 0.2) is 81.1 Å². The van der Waals surface area contributed by atoms with Gasteiger partial charge >= 0.3 is 10.1 Å². The molecular weight excluding hydrogens is 450 g/mol. The number of halogens is 2. The lowest BCUT2D eigenvalue weighted by molar-refractivity contribution is 0.484. The molecule has 0 heterocycles. The van der Waals surface area contributed by atoms with Crippen molar-refractivity contribution in [1.82, 2.24) is 0 Å². The molecule has 0 N–H and O–H groups in total. The van der Waals surface area contributed by atoms with Crippen molar-refractivity contribution < 1.29 is 12.6 Å². The van der Waals surface area contributed by atoms with E-state index in [0.717, 1.165) is 16.8 Å². The molecule has 0 saturated carbocycles. The van der Waals surface area contributed by atoms with Gasteiger partial charge in [-0.25, -0.2) is 0 Å². The number of benzene rings is 3. The van der Waals surface area contributed by atoms with Crippen molar-refractivity contribution >= 4 is 49.6 Å². The van der Waals surface area contributed by atoms with Crippen molar-refractivity contribution in [2.45, 2.75) is 11.8 Å². The molecule has 138 valence electrons. The summed E-state index contributed by atoms with van der Waals surface area (Å²) in [7, 11) is -3.95. The minimum Gasteiger partial charge on any atom is -0.378 e. The van der Waals surface area contributed by atoms with E-state index >= 15 is 0 Å². The molecule has 0 aliphatic heterocycles. The Hall–Kier alpha value is -2.15. The summed E-state index contributed by atoms with van der Waals surface area (Å²) < 4.78 is 30.5. The molecule has 0 aliphatic rings. The fraction of sp³-hybridized carbons (Fsp3) is 0.0500. The van der Waals surface area contributed by atoms with Crippen molar-refractivity contribution in [2.75, 3.05) is 0 Å². The third-order valence-corrected chi connectivity index (χ3v) is 5.85. The predicted molar refractivity (Wildman–Crippen MR) is 112 cm³/mol. The molecule has 0 fully saturated rings. The number of aliphatic imine (C=N–C) groups is 1. The van der Waals surface area contributed by atoms with Crippen molar-refractivity contribution in [3.05, 3.63) is 87.4 Å². The average Bonchev–Trinajstić information content (AvgIpc) is 2.63. The summed E-state index contributed by atoms with van der Waals surface area (Å²) in [4.78, 5) is 4.49. The number of rotatable bonds is 5. The quantitative estimate of drug-likeness (QED) is 0.347. The minimum atomic E-state index is -3.95. The largest absolute Gasteiger partial charge is 0.378 e. The van der Waals surface area contributed by atoms with Gasteiger partial charge in [0.25, 0.3) is 0 Å². The van der Waals surface area contributed by atoms with Gasteiger partial charge in [0, 0.05) is 11.2 Å². The van der Waals surface area contributed by atoms with Crippen LogP contribution in [-0.4, -0.2) is 14.6 Å². The van der Waals surface area contributed by atoms with E-state index in [1.807, 2.05) is 31.2 Å². The SMILES string of the molecule is Cc1ccccc1N=Cc1ccc(OS(=O)(=O)c2ccc(Cl)cc2)c(Br)c1. The van der Waals surface area contributed by atoms with Gasteiger partial charge in [-0.2, -0.15) is 8.42 Å². The molecule has 3 rings (SSSR count). The molecule has 0 spiro atoms. The van der Waals surface area contributed by atoms with E-state index in [1.54, 1.807) is 24.4 Å². The lowest BCUT2D eigenvalue weighted by Crippen LogP contribution is -2.10. The molecule has 0 saturated heterocycles. The zero-order chi connectivity index (χ0) is 19.4. The monoisotopic (exact) mass is 463 g/mol. The van der Waals surface area contributed by atoms with Crippen LogP contribution < -0.4 is 4.18 Å². The van der Waals surface area contributed by atoms with Crippen molar-refractivity contribution in [3.8, 4) is 5.75 Å². The molecule has 0 aliphatic carbocycles. The highest BCUT2D eigenvalue weighted by molar-refractivity contribution is 9.10. The van der Waals surface area contributed by atoms with Crippen LogP contribution in [0.4, 0.5) is 5.69 Å². The van der Waals surface area contributed by atoms with Crippen LogP contribution in [0, 0.1) is 6.92 Å². The second kappa shape index (κ2) is 8.25. The molecular formula is C20H15BrClNO3S. The summed E-state index contributed by atoms with van der Waals surface area (Å²) in [6.45, 7) is 1.99.